The van der Waals surface area contributed by atoms with Crippen molar-refractivity contribution in [2.24, 2.45) is 4.99 Å². The van der Waals surface area contributed by atoms with Crippen LogP contribution < -0.4 is 5.32 Å². The molecule has 22 heavy (non-hydrogen) atoms. The summed E-state index contributed by atoms with van der Waals surface area (Å²) in [6.45, 7) is 1.64. The largest absolute Gasteiger partial charge is 0.347 e. The lowest BCUT2D eigenvalue weighted by Crippen LogP contribution is -2.47. The lowest BCUT2D eigenvalue weighted by molar-refractivity contribution is -0.127. The minimum atomic E-state index is -0.193. The molecule has 122 valence electrons. The predicted octanol–water partition coefficient (Wildman–Crippen LogP) is 1.47. The van der Waals surface area contributed by atoms with E-state index in [9.17, 15) is 9.18 Å². The monoisotopic (exact) mass is 420 g/mol. The molecule has 1 aromatic carbocycles. The number of halogens is 2. The Bertz CT molecular complexity index is 562. The molecule has 0 saturated carbocycles. The molecule has 1 aliphatic rings. The van der Waals surface area contributed by atoms with Crippen molar-refractivity contribution in [3.05, 3.63) is 35.1 Å². The minimum Gasteiger partial charge on any atom is -0.347 e. The number of carbonyl (C=O) groups is 1. The highest BCUT2D eigenvalue weighted by Crippen LogP contribution is 2.19. The molecule has 0 unspecified atom stereocenters. The summed E-state index contributed by atoms with van der Waals surface area (Å²) in [6, 6.07) is 4.89. The van der Waals surface area contributed by atoms with Crippen LogP contribution in [0, 0.1) is 5.82 Å². The second kappa shape index (κ2) is 8.30. The average molecular weight is 420 g/mol. The molecule has 0 fully saturated rings. The van der Waals surface area contributed by atoms with Crippen molar-refractivity contribution in [1.29, 1.82) is 0 Å². The van der Waals surface area contributed by atoms with Crippen molar-refractivity contribution in [2.75, 3.05) is 34.2 Å². The Morgan fingerprint density at radius 2 is 2.14 bits per heavy atom. The summed E-state index contributed by atoms with van der Waals surface area (Å²) < 4.78 is 13.2. The summed E-state index contributed by atoms with van der Waals surface area (Å²) in [5.74, 6) is 0.497. The molecule has 0 radical (unpaired) electrons. The summed E-state index contributed by atoms with van der Waals surface area (Å²) in [4.78, 5) is 19.5. The number of hydrogen-bond acceptors (Lipinski definition) is 2. The zero-order chi connectivity index (χ0) is 15.4. The molecule has 1 aromatic rings. The minimum absolute atomic E-state index is 0. The third-order valence-corrected chi connectivity index (χ3v) is 3.59. The Balaban J connectivity index is 0.00000242. The SMILES string of the molecule is CN=C(NCC(=O)N(C)C)N1CCc2cc(F)ccc2C1.I. The Morgan fingerprint density at radius 3 is 2.77 bits per heavy atom. The lowest BCUT2D eigenvalue weighted by atomic mass is 10.00. The van der Waals surface area contributed by atoms with Crippen LogP contribution in [0.25, 0.3) is 0 Å². The van der Waals surface area contributed by atoms with Gasteiger partial charge in [0.2, 0.25) is 5.91 Å². The number of benzene rings is 1. The van der Waals surface area contributed by atoms with Gasteiger partial charge in [-0.15, -0.1) is 24.0 Å². The number of hydrogen-bond donors (Lipinski definition) is 1. The quantitative estimate of drug-likeness (QED) is 0.448. The van der Waals surface area contributed by atoms with E-state index in [1.807, 2.05) is 6.07 Å². The molecule has 0 aliphatic carbocycles. The summed E-state index contributed by atoms with van der Waals surface area (Å²) in [6.07, 6.45) is 0.773. The van der Waals surface area contributed by atoms with Gasteiger partial charge in [-0.1, -0.05) is 6.07 Å². The van der Waals surface area contributed by atoms with Gasteiger partial charge in [0.25, 0.3) is 0 Å². The second-order valence-electron chi connectivity index (χ2n) is 5.27. The standard InChI is InChI=1S/C15H21FN4O.HI/c1-17-15(18-9-14(21)19(2)3)20-7-6-11-8-13(16)5-4-12(11)10-20;/h4-5,8H,6-7,9-10H2,1-3H3,(H,17,18);1H. The molecule has 1 aliphatic heterocycles. The van der Waals surface area contributed by atoms with E-state index in [1.54, 1.807) is 27.2 Å². The second-order valence-corrected chi connectivity index (χ2v) is 5.27. The van der Waals surface area contributed by atoms with Gasteiger partial charge in [0, 0.05) is 34.2 Å². The number of aliphatic imine (C=N–C) groups is 1. The van der Waals surface area contributed by atoms with E-state index in [4.69, 9.17) is 0 Å². The van der Waals surface area contributed by atoms with Gasteiger partial charge in [0.15, 0.2) is 5.96 Å². The fourth-order valence-electron chi connectivity index (χ4n) is 2.35. The summed E-state index contributed by atoms with van der Waals surface area (Å²) in [5.41, 5.74) is 2.15. The van der Waals surface area contributed by atoms with E-state index in [2.05, 4.69) is 15.2 Å². The van der Waals surface area contributed by atoms with E-state index in [0.717, 1.165) is 24.1 Å². The molecular weight excluding hydrogens is 398 g/mol. The molecule has 5 nitrogen and oxygen atoms in total. The molecule has 0 bridgehead atoms. The average Bonchev–Trinajstić information content (AvgIpc) is 2.47. The number of nitrogens with one attached hydrogen (secondary N) is 1. The molecule has 1 N–H and O–H groups in total. The summed E-state index contributed by atoms with van der Waals surface area (Å²) >= 11 is 0. The number of nitrogens with zero attached hydrogens (tertiary/aromatic N) is 3. The normalized spacial score (nSPS) is 14.0. The summed E-state index contributed by atoms with van der Waals surface area (Å²) in [7, 11) is 5.14. The molecule has 0 atom stereocenters. The third-order valence-electron chi connectivity index (χ3n) is 3.59. The highest BCUT2D eigenvalue weighted by atomic mass is 127. The predicted molar refractivity (Wildman–Crippen MR) is 96.0 cm³/mol. The van der Waals surface area contributed by atoms with Crippen molar-refractivity contribution < 1.29 is 9.18 Å². The van der Waals surface area contributed by atoms with Gasteiger partial charge < -0.3 is 15.1 Å². The summed E-state index contributed by atoms with van der Waals surface area (Å²) in [5, 5.41) is 3.07. The zero-order valence-electron chi connectivity index (χ0n) is 13.1. The van der Waals surface area contributed by atoms with Gasteiger partial charge in [-0.05, 0) is 29.7 Å². The van der Waals surface area contributed by atoms with Crippen molar-refractivity contribution >= 4 is 35.8 Å². The van der Waals surface area contributed by atoms with Crippen LogP contribution >= 0.6 is 24.0 Å². The Labute approximate surface area is 147 Å². The highest BCUT2D eigenvalue weighted by Gasteiger charge is 2.20. The number of carbonyl (C=O) groups excluding carboxylic acids is 1. The van der Waals surface area contributed by atoms with E-state index in [1.165, 1.54) is 11.0 Å². The first kappa shape index (κ1) is 18.7. The van der Waals surface area contributed by atoms with Gasteiger partial charge >= 0.3 is 0 Å². The van der Waals surface area contributed by atoms with Crippen LogP contribution in [0.4, 0.5) is 4.39 Å². The number of amides is 1. The van der Waals surface area contributed by atoms with Gasteiger partial charge in [-0.3, -0.25) is 9.79 Å². The van der Waals surface area contributed by atoms with Crippen LogP contribution in [0.2, 0.25) is 0 Å². The fraction of sp³-hybridized carbons (Fsp3) is 0.467. The van der Waals surface area contributed by atoms with Crippen molar-refractivity contribution in [3.8, 4) is 0 Å². The van der Waals surface area contributed by atoms with Gasteiger partial charge in [-0.25, -0.2) is 4.39 Å². The van der Waals surface area contributed by atoms with Gasteiger partial charge in [0.05, 0.1) is 6.54 Å². The third kappa shape index (κ3) is 4.56. The van der Waals surface area contributed by atoms with Crippen LogP contribution in [-0.2, 0) is 17.8 Å². The van der Waals surface area contributed by atoms with Crippen molar-refractivity contribution in [2.45, 2.75) is 13.0 Å². The van der Waals surface area contributed by atoms with Crippen molar-refractivity contribution in [3.63, 3.8) is 0 Å². The first-order chi connectivity index (χ1) is 10.0. The Hall–Kier alpha value is -1.38. The maximum atomic E-state index is 13.2. The van der Waals surface area contributed by atoms with E-state index >= 15 is 0 Å². The molecule has 0 saturated heterocycles. The van der Waals surface area contributed by atoms with Gasteiger partial charge in [0.1, 0.15) is 5.82 Å². The first-order valence-corrected chi connectivity index (χ1v) is 6.94. The molecular formula is C15H22FIN4O. The fourth-order valence-corrected chi connectivity index (χ4v) is 2.35. The number of likely N-dealkylation sites (N-methyl/N-ethyl adjacent to an activating group) is 1. The van der Waals surface area contributed by atoms with Crippen LogP contribution in [-0.4, -0.2) is 55.9 Å². The maximum absolute atomic E-state index is 13.2. The van der Waals surface area contributed by atoms with E-state index < -0.39 is 0 Å². The smallest absolute Gasteiger partial charge is 0.241 e. The van der Waals surface area contributed by atoms with Crippen LogP contribution in [0.15, 0.2) is 23.2 Å². The van der Waals surface area contributed by atoms with Crippen molar-refractivity contribution in [1.82, 2.24) is 15.1 Å². The zero-order valence-corrected chi connectivity index (χ0v) is 15.4. The molecule has 2 rings (SSSR count). The van der Waals surface area contributed by atoms with Crippen LogP contribution in [0.3, 0.4) is 0 Å². The maximum Gasteiger partial charge on any atom is 0.241 e. The molecule has 0 spiro atoms. The number of fused-ring (bicyclic) bond motifs is 1. The topological polar surface area (TPSA) is 47.9 Å². The lowest BCUT2D eigenvalue weighted by Gasteiger charge is -2.31. The highest BCUT2D eigenvalue weighted by molar-refractivity contribution is 14.0. The molecule has 0 aromatic heterocycles. The van der Waals surface area contributed by atoms with E-state index in [0.29, 0.717) is 12.5 Å². The van der Waals surface area contributed by atoms with E-state index in [-0.39, 0.29) is 42.2 Å². The van der Waals surface area contributed by atoms with Crippen LogP contribution in [0.1, 0.15) is 11.1 Å². The first-order valence-electron chi connectivity index (χ1n) is 6.94. The van der Waals surface area contributed by atoms with Crippen LogP contribution in [0.5, 0.6) is 0 Å². The number of guanidine groups is 1. The molecule has 1 amide bonds. The van der Waals surface area contributed by atoms with Gasteiger partial charge in [-0.2, -0.15) is 0 Å². The Kier molecular flexibility index (Phi) is 7.05. The molecule has 7 heteroatoms. The molecule has 1 heterocycles. The Morgan fingerprint density at radius 1 is 1.41 bits per heavy atom. The number of rotatable bonds is 2.